The standard InChI is InChI=1S/C25H23N5OS2/c1-16-9-10-21(17(2)11-16)30-22(12-19-7-5-4-6-8-19)27-28-25(30)33-15-20-13-23(31)29-18(3)14-32-24(29)26-20/h4-11,13-14H,12,15H2,1-3H3. The number of nitrogens with zero attached hydrogens (tertiary/aromatic N) is 5. The molecule has 0 radical (unpaired) electrons. The van der Waals surface area contributed by atoms with Gasteiger partial charge in [-0.1, -0.05) is 59.8 Å². The van der Waals surface area contributed by atoms with E-state index in [1.165, 1.54) is 22.5 Å². The molecule has 3 heterocycles. The molecule has 6 nitrogen and oxygen atoms in total. The Morgan fingerprint density at radius 3 is 2.61 bits per heavy atom. The second-order valence-corrected chi connectivity index (χ2v) is 9.84. The molecule has 0 fully saturated rings. The molecular weight excluding hydrogens is 450 g/mol. The maximum absolute atomic E-state index is 12.6. The zero-order chi connectivity index (χ0) is 22.9. The maximum Gasteiger partial charge on any atom is 0.258 e. The first-order chi connectivity index (χ1) is 16.0. The van der Waals surface area contributed by atoms with Gasteiger partial charge in [0.2, 0.25) is 0 Å². The average Bonchev–Trinajstić information content (AvgIpc) is 3.36. The minimum Gasteiger partial charge on any atom is -0.273 e. The van der Waals surface area contributed by atoms with Crippen molar-refractivity contribution in [1.82, 2.24) is 24.1 Å². The summed E-state index contributed by atoms with van der Waals surface area (Å²) in [6.45, 7) is 6.12. The van der Waals surface area contributed by atoms with Gasteiger partial charge in [-0.05, 0) is 38.0 Å². The van der Waals surface area contributed by atoms with Crippen LogP contribution in [0.5, 0.6) is 0 Å². The highest BCUT2D eigenvalue weighted by Crippen LogP contribution is 2.28. The van der Waals surface area contributed by atoms with E-state index in [1.54, 1.807) is 22.2 Å². The van der Waals surface area contributed by atoms with Crippen molar-refractivity contribution in [3.05, 3.63) is 104 Å². The second-order valence-electron chi connectivity index (χ2n) is 8.06. The summed E-state index contributed by atoms with van der Waals surface area (Å²) in [7, 11) is 0. The monoisotopic (exact) mass is 473 g/mol. The molecule has 0 N–H and O–H groups in total. The van der Waals surface area contributed by atoms with Gasteiger partial charge in [-0.25, -0.2) is 4.98 Å². The predicted octanol–water partition coefficient (Wildman–Crippen LogP) is 5.15. The van der Waals surface area contributed by atoms with E-state index in [0.717, 1.165) is 38.6 Å². The van der Waals surface area contributed by atoms with Crippen molar-refractivity contribution in [2.75, 3.05) is 0 Å². The van der Waals surface area contributed by atoms with Crippen LogP contribution >= 0.6 is 23.1 Å². The molecule has 0 saturated carbocycles. The van der Waals surface area contributed by atoms with Crippen LogP contribution in [0.25, 0.3) is 10.6 Å². The number of benzene rings is 2. The molecule has 0 unspecified atom stereocenters. The number of thiazole rings is 1. The fraction of sp³-hybridized carbons (Fsp3) is 0.200. The molecule has 5 rings (SSSR count). The third-order valence-electron chi connectivity index (χ3n) is 5.48. The molecule has 0 aliphatic carbocycles. The summed E-state index contributed by atoms with van der Waals surface area (Å²) in [5.74, 6) is 1.42. The van der Waals surface area contributed by atoms with Gasteiger partial charge in [0, 0.05) is 29.3 Å². The molecule has 5 aromatic rings. The Kier molecular flexibility index (Phi) is 5.86. The molecule has 0 spiro atoms. The first kappa shape index (κ1) is 21.6. The van der Waals surface area contributed by atoms with Crippen LogP contribution in [0.1, 0.15) is 33.9 Å². The Bertz CT molecular complexity index is 1500. The first-order valence-corrected chi connectivity index (χ1v) is 12.5. The van der Waals surface area contributed by atoms with E-state index < -0.39 is 0 Å². The van der Waals surface area contributed by atoms with Crippen molar-refractivity contribution in [2.45, 2.75) is 38.1 Å². The molecular formula is C25H23N5OS2. The summed E-state index contributed by atoms with van der Waals surface area (Å²) >= 11 is 3.03. The lowest BCUT2D eigenvalue weighted by Crippen LogP contribution is -2.14. The number of aromatic nitrogens is 5. The van der Waals surface area contributed by atoms with Gasteiger partial charge in [0.05, 0.1) is 11.4 Å². The summed E-state index contributed by atoms with van der Waals surface area (Å²) in [5.41, 5.74) is 6.23. The number of aryl methyl sites for hydroxylation is 3. The largest absolute Gasteiger partial charge is 0.273 e. The lowest BCUT2D eigenvalue weighted by molar-refractivity contribution is 0.840. The van der Waals surface area contributed by atoms with Gasteiger partial charge in [-0.2, -0.15) is 0 Å². The van der Waals surface area contributed by atoms with Crippen LogP contribution in [-0.4, -0.2) is 24.1 Å². The summed E-state index contributed by atoms with van der Waals surface area (Å²) in [6.07, 6.45) is 0.682. The van der Waals surface area contributed by atoms with Crippen LogP contribution in [0, 0.1) is 20.8 Å². The third-order valence-corrected chi connectivity index (χ3v) is 7.38. The van der Waals surface area contributed by atoms with E-state index in [1.807, 2.05) is 30.5 Å². The average molecular weight is 474 g/mol. The summed E-state index contributed by atoms with van der Waals surface area (Å²) < 4.78 is 3.78. The first-order valence-electron chi connectivity index (χ1n) is 10.6. The Morgan fingerprint density at radius 2 is 1.82 bits per heavy atom. The van der Waals surface area contributed by atoms with E-state index in [-0.39, 0.29) is 5.56 Å². The normalized spacial score (nSPS) is 11.4. The minimum absolute atomic E-state index is 0.0463. The molecule has 0 amide bonds. The van der Waals surface area contributed by atoms with Crippen molar-refractivity contribution in [1.29, 1.82) is 0 Å². The third kappa shape index (κ3) is 4.36. The summed E-state index contributed by atoms with van der Waals surface area (Å²) in [5, 5.41) is 11.8. The quantitative estimate of drug-likeness (QED) is 0.319. The van der Waals surface area contributed by atoms with Gasteiger partial charge < -0.3 is 0 Å². The van der Waals surface area contributed by atoms with Crippen LogP contribution in [0.4, 0.5) is 0 Å². The van der Waals surface area contributed by atoms with Gasteiger partial charge in [-0.15, -0.1) is 21.5 Å². The number of rotatable bonds is 6. The van der Waals surface area contributed by atoms with Crippen molar-refractivity contribution in [3.63, 3.8) is 0 Å². The molecule has 3 aromatic heterocycles. The molecule has 0 saturated heterocycles. The number of hydrogen-bond donors (Lipinski definition) is 0. The highest BCUT2D eigenvalue weighted by atomic mass is 32.2. The van der Waals surface area contributed by atoms with Gasteiger partial charge in [-0.3, -0.25) is 13.8 Å². The number of thioether (sulfide) groups is 1. The fourth-order valence-electron chi connectivity index (χ4n) is 3.90. The van der Waals surface area contributed by atoms with Gasteiger partial charge >= 0.3 is 0 Å². The molecule has 33 heavy (non-hydrogen) atoms. The maximum atomic E-state index is 12.6. The van der Waals surface area contributed by atoms with Gasteiger partial charge in [0.25, 0.3) is 5.56 Å². The van der Waals surface area contributed by atoms with Gasteiger partial charge in [0.15, 0.2) is 10.1 Å². The predicted molar refractivity (Wildman–Crippen MR) is 134 cm³/mol. The van der Waals surface area contributed by atoms with E-state index >= 15 is 0 Å². The van der Waals surface area contributed by atoms with E-state index in [4.69, 9.17) is 0 Å². The van der Waals surface area contributed by atoms with Crippen LogP contribution in [0.15, 0.2) is 69.9 Å². The number of fused-ring (bicyclic) bond motifs is 1. The molecule has 2 aromatic carbocycles. The lowest BCUT2D eigenvalue weighted by Gasteiger charge is -2.13. The Labute approximate surface area is 200 Å². The SMILES string of the molecule is Cc1ccc(-n2c(Cc3ccccc3)nnc2SCc2cc(=O)n3c(C)csc3n2)c(C)c1. The fourth-order valence-corrected chi connectivity index (χ4v) is 5.65. The molecule has 0 aliphatic rings. The van der Waals surface area contributed by atoms with Crippen LogP contribution in [0.3, 0.4) is 0 Å². The Hall–Kier alpha value is -3.23. The molecule has 166 valence electrons. The van der Waals surface area contributed by atoms with E-state index in [9.17, 15) is 4.79 Å². The zero-order valence-corrected chi connectivity index (χ0v) is 20.3. The van der Waals surface area contributed by atoms with Crippen molar-refractivity contribution >= 4 is 28.1 Å². The van der Waals surface area contributed by atoms with Gasteiger partial charge in [0.1, 0.15) is 5.82 Å². The lowest BCUT2D eigenvalue weighted by atomic mass is 10.1. The van der Waals surface area contributed by atoms with Crippen LogP contribution in [-0.2, 0) is 12.2 Å². The van der Waals surface area contributed by atoms with E-state index in [0.29, 0.717) is 12.2 Å². The molecule has 8 heteroatoms. The minimum atomic E-state index is -0.0463. The second kappa shape index (κ2) is 8.96. The van der Waals surface area contributed by atoms with Crippen LogP contribution < -0.4 is 5.56 Å². The highest BCUT2D eigenvalue weighted by molar-refractivity contribution is 7.98. The topological polar surface area (TPSA) is 65.1 Å². The Balaban J connectivity index is 1.51. The molecule has 0 aliphatic heterocycles. The Morgan fingerprint density at radius 1 is 1.00 bits per heavy atom. The number of hydrogen-bond acceptors (Lipinski definition) is 6. The molecule has 0 atom stereocenters. The van der Waals surface area contributed by atoms with Crippen molar-refractivity contribution in [3.8, 4) is 5.69 Å². The van der Waals surface area contributed by atoms with Crippen molar-refractivity contribution < 1.29 is 0 Å². The van der Waals surface area contributed by atoms with Crippen molar-refractivity contribution in [2.24, 2.45) is 0 Å². The van der Waals surface area contributed by atoms with Crippen LogP contribution in [0.2, 0.25) is 0 Å². The summed E-state index contributed by atoms with van der Waals surface area (Å²) in [4.78, 5) is 18.0. The zero-order valence-electron chi connectivity index (χ0n) is 18.6. The van der Waals surface area contributed by atoms with E-state index in [2.05, 4.69) is 63.9 Å². The highest BCUT2D eigenvalue weighted by Gasteiger charge is 2.17. The smallest absolute Gasteiger partial charge is 0.258 e. The molecule has 0 bridgehead atoms. The summed E-state index contributed by atoms with van der Waals surface area (Å²) in [6, 6.07) is 18.3.